The Morgan fingerprint density at radius 1 is 1.14 bits per heavy atom. The lowest BCUT2D eigenvalue weighted by atomic mass is 10.1. The van der Waals surface area contributed by atoms with Crippen LogP contribution in [0.1, 0.15) is 10.6 Å². The molecule has 21 heavy (non-hydrogen) atoms. The molecule has 2 aromatic heterocycles. The number of hydrogen-bond donors (Lipinski definition) is 0. The summed E-state index contributed by atoms with van der Waals surface area (Å²) in [7, 11) is 3.76. The summed E-state index contributed by atoms with van der Waals surface area (Å²) >= 11 is 1.78. The summed E-state index contributed by atoms with van der Waals surface area (Å²) in [6.07, 6.45) is 1.97. The Kier molecular flexibility index (Phi) is 3.55. The minimum absolute atomic E-state index is 0.867. The molecule has 0 aliphatic carbocycles. The molecule has 0 N–H and O–H groups in total. The van der Waals surface area contributed by atoms with Gasteiger partial charge < -0.3 is 9.64 Å². The zero-order valence-electron chi connectivity index (χ0n) is 12.7. The van der Waals surface area contributed by atoms with E-state index >= 15 is 0 Å². The predicted octanol–water partition coefficient (Wildman–Crippen LogP) is 4.69. The standard InChI is InChI=1S/C17H18N2OS/c1-11-9-15-16(21-11)10-18-12(2)17(15)19(3)13-5-7-14(20-4)8-6-13/h5-10H,1-4H3. The summed E-state index contributed by atoms with van der Waals surface area (Å²) in [4.78, 5) is 8.04. The molecule has 0 bridgehead atoms. The van der Waals surface area contributed by atoms with Gasteiger partial charge in [-0.3, -0.25) is 4.98 Å². The van der Waals surface area contributed by atoms with Gasteiger partial charge in [0.05, 0.1) is 23.2 Å². The number of benzene rings is 1. The van der Waals surface area contributed by atoms with Crippen LogP contribution in [-0.4, -0.2) is 19.1 Å². The third-order valence-corrected chi connectivity index (χ3v) is 4.64. The van der Waals surface area contributed by atoms with Crippen LogP contribution in [0.15, 0.2) is 36.5 Å². The molecule has 0 radical (unpaired) electrons. The zero-order valence-corrected chi connectivity index (χ0v) is 13.5. The highest BCUT2D eigenvalue weighted by atomic mass is 32.1. The second kappa shape index (κ2) is 5.37. The fourth-order valence-corrected chi connectivity index (χ4v) is 3.48. The van der Waals surface area contributed by atoms with E-state index in [-0.39, 0.29) is 0 Å². The number of aromatic nitrogens is 1. The highest BCUT2D eigenvalue weighted by Crippen LogP contribution is 2.37. The van der Waals surface area contributed by atoms with Crippen LogP contribution >= 0.6 is 11.3 Å². The summed E-state index contributed by atoms with van der Waals surface area (Å²) in [5.74, 6) is 0.867. The number of ether oxygens (including phenoxy) is 1. The average Bonchev–Trinajstić information content (AvgIpc) is 2.87. The van der Waals surface area contributed by atoms with E-state index in [1.807, 2.05) is 18.3 Å². The summed E-state index contributed by atoms with van der Waals surface area (Å²) in [6, 6.07) is 10.3. The van der Waals surface area contributed by atoms with Crippen molar-refractivity contribution in [1.29, 1.82) is 0 Å². The van der Waals surface area contributed by atoms with Crippen LogP contribution < -0.4 is 9.64 Å². The van der Waals surface area contributed by atoms with Gasteiger partial charge in [0.15, 0.2) is 0 Å². The monoisotopic (exact) mass is 298 g/mol. The number of methoxy groups -OCH3 is 1. The normalized spacial score (nSPS) is 10.9. The largest absolute Gasteiger partial charge is 0.497 e. The molecule has 0 amide bonds. The third-order valence-electron chi connectivity index (χ3n) is 3.65. The third kappa shape index (κ3) is 2.47. The molecule has 0 aliphatic rings. The van der Waals surface area contributed by atoms with Crippen molar-refractivity contribution >= 4 is 32.8 Å². The van der Waals surface area contributed by atoms with Crippen molar-refractivity contribution in [2.24, 2.45) is 0 Å². The van der Waals surface area contributed by atoms with E-state index in [1.54, 1.807) is 18.4 Å². The van der Waals surface area contributed by atoms with Gasteiger partial charge in [0.2, 0.25) is 0 Å². The van der Waals surface area contributed by atoms with Crippen LogP contribution in [-0.2, 0) is 0 Å². The topological polar surface area (TPSA) is 25.4 Å². The molecule has 3 rings (SSSR count). The summed E-state index contributed by atoms with van der Waals surface area (Å²) in [5, 5.41) is 1.27. The van der Waals surface area contributed by atoms with Crippen molar-refractivity contribution in [3.63, 3.8) is 0 Å². The fourth-order valence-electron chi connectivity index (χ4n) is 2.58. The SMILES string of the molecule is COc1ccc(N(C)c2c(C)ncc3sc(C)cc23)cc1. The highest BCUT2D eigenvalue weighted by molar-refractivity contribution is 7.19. The Hall–Kier alpha value is -2.07. The summed E-state index contributed by atoms with van der Waals surface area (Å²) < 4.78 is 6.45. The van der Waals surface area contributed by atoms with Crippen LogP contribution in [0.5, 0.6) is 5.75 Å². The lowest BCUT2D eigenvalue weighted by Gasteiger charge is -2.22. The maximum absolute atomic E-state index is 5.22. The Morgan fingerprint density at radius 3 is 2.52 bits per heavy atom. The number of aryl methyl sites for hydroxylation is 2. The van der Waals surface area contributed by atoms with Crippen LogP contribution in [0, 0.1) is 13.8 Å². The van der Waals surface area contributed by atoms with Gasteiger partial charge in [0, 0.05) is 29.2 Å². The lowest BCUT2D eigenvalue weighted by molar-refractivity contribution is 0.415. The van der Waals surface area contributed by atoms with Gasteiger partial charge in [0.1, 0.15) is 5.75 Å². The molecule has 0 spiro atoms. The number of nitrogens with zero attached hydrogens (tertiary/aromatic N) is 2. The predicted molar refractivity (Wildman–Crippen MR) is 90.2 cm³/mol. The number of rotatable bonds is 3. The molecular formula is C17H18N2OS. The van der Waals surface area contributed by atoms with Crippen LogP contribution in [0.4, 0.5) is 11.4 Å². The van der Waals surface area contributed by atoms with E-state index in [9.17, 15) is 0 Å². The maximum Gasteiger partial charge on any atom is 0.119 e. The maximum atomic E-state index is 5.22. The van der Waals surface area contributed by atoms with Crippen molar-refractivity contribution in [3.8, 4) is 5.75 Å². The molecule has 1 aromatic carbocycles. The second-order valence-corrected chi connectivity index (χ2v) is 6.37. The minimum atomic E-state index is 0.867. The van der Waals surface area contributed by atoms with Gasteiger partial charge in [-0.25, -0.2) is 0 Å². The number of thiophene rings is 1. The smallest absolute Gasteiger partial charge is 0.119 e. The van der Waals surface area contributed by atoms with E-state index < -0.39 is 0 Å². The molecule has 0 saturated heterocycles. The first-order chi connectivity index (χ1) is 10.1. The first-order valence-corrected chi connectivity index (χ1v) is 7.65. The van der Waals surface area contributed by atoms with Crippen LogP contribution in [0.3, 0.4) is 0 Å². The van der Waals surface area contributed by atoms with E-state index in [1.165, 1.54) is 20.7 Å². The molecule has 0 aliphatic heterocycles. The molecular weight excluding hydrogens is 280 g/mol. The fraction of sp³-hybridized carbons (Fsp3) is 0.235. The average molecular weight is 298 g/mol. The van der Waals surface area contributed by atoms with Crippen LogP contribution in [0.25, 0.3) is 10.1 Å². The molecule has 0 saturated carbocycles. The number of hydrogen-bond acceptors (Lipinski definition) is 4. The zero-order chi connectivity index (χ0) is 15.0. The molecule has 108 valence electrons. The number of fused-ring (bicyclic) bond motifs is 1. The molecule has 2 heterocycles. The number of anilines is 2. The second-order valence-electron chi connectivity index (χ2n) is 5.08. The Labute approximate surface area is 128 Å². The van der Waals surface area contributed by atoms with E-state index in [2.05, 4.69) is 49.0 Å². The van der Waals surface area contributed by atoms with E-state index in [0.717, 1.165) is 17.1 Å². The molecule has 3 nitrogen and oxygen atoms in total. The van der Waals surface area contributed by atoms with Crippen molar-refractivity contribution in [2.75, 3.05) is 19.1 Å². The Balaban J connectivity index is 2.11. The minimum Gasteiger partial charge on any atom is -0.497 e. The van der Waals surface area contributed by atoms with Crippen molar-refractivity contribution in [2.45, 2.75) is 13.8 Å². The van der Waals surface area contributed by atoms with E-state index in [0.29, 0.717) is 0 Å². The quantitative estimate of drug-likeness (QED) is 0.701. The van der Waals surface area contributed by atoms with Gasteiger partial charge in [-0.1, -0.05) is 0 Å². The molecule has 0 atom stereocenters. The van der Waals surface area contributed by atoms with Crippen LogP contribution in [0.2, 0.25) is 0 Å². The molecule has 3 aromatic rings. The first kappa shape index (κ1) is 13.9. The number of pyridine rings is 1. The Bertz CT molecular complexity index is 777. The van der Waals surface area contributed by atoms with Crippen molar-refractivity contribution in [1.82, 2.24) is 4.98 Å². The van der Waals surface area contributed by atoms with Gasteiger partial charge in [-0.15, -0.1) is 11.3 Å². The molecule has 4 heteroatoms. The molecule has 0 fully saturated rings. The van der Waals surface area contributed by atoms with Crippen molar-refractivity contribution in [3.05, 3.63) is 47.1 Å². The Morgan fingerprint density at radius 2 is 1.86 bits per heavy atom. The van der Waals surface area contributed by atoms with E-state index in [4.69, 9.17) is 4.74 Å². The highest BCUT2D eigenvalue weighted by Gasteiger charge is 2.14. The summed E-state index contributed by atoms with van der Waals surface area (Å²) in [6.45, 7) is 4.19. The van der Waals surface area contributed by atoms with Gasteiger partial charge in [-0.2, -0.15) is 0 Å². The molecule has 0 unspecified atom stereocenters. The summed E-state index contributed by atoms with van der Waals surface area (Å²) in [5.41, 5.74) is 3.33. The van der Waals surface area contributed by atoms with Gasteiger partial charge in [-0.05, 0) is 44.2 Å². The lowest BCUT2D eigenvalue weighted by Crippen LogP contribution is -2.11. The first-order valence-electron chi connectivity index (χ1n) is 6.83. The van der Waals surface area contributed by atoms with Crippen molar-refractivity contribution < 1.29 is 4.74 Å². The van der Waals surface area contributed by atoms with Gasteiger partial charge in [0.25, 0.3) is 0 Å². The van der Waals surface area contributed by atoms with Gasteiger partial charge >= 0.3 is 0 Å².